The lowest BCUT2D eigenvalue weighted by atomic mass is 9.88. The molecule has 0 radical (unpaired) electrons. The van der Waals surface area contributed by atoms with Crippen LogP contribution in [0.5, 0.6) is 0 Å². The summed E-state index contributed by atoms with van der Waals surface area (Å²) in [6.07, 6.45) is 1.11. The van der Waals surface area contributed by atoms with Gasteiger partial charge in [-0.05, 0) is 43.0 Å². The van der Waals surface area contributed by atoms with Crippen LogP contribution < -0.4 is 0 Å². The largest absolute Gasteiger partial charge is 0.478 e. The van der Waals surface area contributed by atoms with Gasteiger partial charge >= 0.3 is 5.97 Å². The van der Waals surface area contributed by atoms with Crippen molar-refractivity contribution in [2.75, 3.05) is 13.1 Å². The van der Waals surface area contributed by atoms with Gasteiger partial charge in [-0.15, -0.1) is 0 Å². The second-order valence-corrected chi connectivity index (χ2v) is 5.59. The van der Waals surface area contributed by atoms with Crippen molar-refractivity contribution in [2.24, 2.45) is 11.8 Å². The molecule has 1 aliphatic rings. The summed E-state index contributed by atoms with van der Waals surface area (Å²) in [5.41, 5.74) is 0.622. The van der Waals surface area contributed by atoms with Crippen LogP contribution in [0, 0.1) is 17.7 Å². The quantitative estimate of drug-likeness (QED) is 0.913. The van der Waals surface area contributed by atoms with E-state index in [1.807, 2.05) is 0 Å². The van der Waals surface area contributed by atoms with Gasteiger partial charge in [0.1, 0.15) is 5.82 Å². The molecule has 1 fully saturated rings. The minimum atomic E-state index is -1.01. The van der Waals surface area contributed by atoms with E-state index in [1.54, 1.807) is 0 Å². The van der Waals surface area contributed by atoms with Crippen LogP contribution in [0.25, 0.3) is 0 Å². The van der Waals surface area contributed by atoms with Crippen molar-refractivity contribution >= 4 is 5.97 Å². The molecule has 0 amide bonds. The van der Waals surface area contributed by atoms with E-state index in [0.29, 0.717) is 23.9 Å². The van der Waals surface area contributed by atoms with E-state index in [2.05, 4.69) is 18.7 Å². The highest BCUT2D eigenvalue weighted by Gasteiger charge is 2.23. The molecule has 3 nitrogen and oxygen atoms in total. The Labute approximate surface area is 113 Å². The van der Waals surface area contributed by atoms with Crippen molar-refractivity contribution in [1.29, 1.82) is 0 Å². The number of hydrogen-bond donors (Lipinski definition) is 1. The summed E-state index contributed by atoms with van der Waals surface area (Å²) in [6.45, 7) is 6.83. The molecule has 1 aliphatic heterocycles. The van der Waals surface area contributed by atoms with E-state index in [0.717, 1.165) is 19.5 Å². The first kappa shape index (κ1) is 14.0. The van der Waals surface area contributed by atoms with Gasteiger partial charge in [0, 0.05) is 18.7 Å². The van der Waals surface area contributed by atoms with Gasteiger partial charge in [-0.1, -0.05) is 13.8 Å². The first-order valence-corrected chi connectivity index (χ1v) is 6.71. The minimum Gasteiger partial charge on any atom is -0.478 e. The van der Waals surface area contributed by atoms with E-state index in [1.165, 1.54) is 18.2 Å². The predicted octanol–water partition coefficient (Wildman–Crippen LogP) is 3.00. The molecule has 1 aromatic rings. The Morgan fingerprint density at radius 3 is 2.79 bits per heavy atom. The Morgan fingerprint density at radius 2 is 2.16 bits per heavy atom. The highest BCUT2D eigenvalue weighted by Crippen LogP contribution is 2.24. The van der Waals surface area contributed by atoms with E-state index >= 15 is 0 Å². The number of halogens is 1. The minimum absolute atomic E-state index is 0.148. The Balaban J connectivity index is 2.10. The molecule has 1 N–H and O–H groups in total. The maximum absolute atomic E-state index is 13.7. The van der Waals surface area contributed by atoms with Crippen LogP contribution in [0.3, 0.4) is 0 Å². The van der Waals surface area contributed by atoms with Crippen molar-refractivity contribution in [1.82, 2.24) is 4.90 Å². The Bertz CT molecular complexity index is 475. The Hall–Kier alpha value is -1.42. The fourth-order valence-corrected chi connectivity index (χ4v) is 2.56. The molecule has 2 atom stereocenters. The van der Waals surface area contributed by atoms with Crippen LogP contribution >= 0.6 is 0 Å². The molecule has 104 valence electrons. The lowest BCUT2D eigenvalue weighted by Gasteiger charge is -2.35. The number of benzene rings is 1. The van der Waals surface area contributed by atoms with Crippen LogP contribution in [0.15, 0.2) is 18.2 Å². The van der Waals surface area contributed by atoms with Gasteiger partial charge in [0.25, 0.3) is 0 Å². The second-order valence-electron chi connectivity index (χ2n) is 5.59. The van der Waals surface area contributed by atoms with E-state index in [9.17, 15) is 9.18 Å². The van der Waals surface area contributed by atoms with E-state index in [-0.39, 0.29) is 11.4 Å². The third-order valence-electron chi connectivity index (χ3n) is 4.10. The van der Waals surface area contributed by atoms with Crippen molar-refractivity contribution < 1.29 is 14.3 Å². The van der Waals surface area contributed by atoms with Crippen molar-refractivity contribution in [2.45, 2.75) is 26.8 Å². The SMILES string of the molecule is CC1CCN(Cc2cc(C(=O)O)ccc2F)CC1C. The fourth-order valence-electron chi connectivity index (χ4n) is 2.56. The van der Waals surface area contributed by atoms with Crippen LogP contribution in [-0.4, -0.2) is 29.1 Å². The molecule has 0 aliphatic carbocycles. The van der Waals surface area contributed by atoms with Gasteiger partial charge in [0.2, 0.25) is 0 Å². The molecule has 1 saturated heterocycles. The molecule has 2 unspecified atom stereocenters. The summed E-state index contributed by atoms with van der Waals surface area (Å²) in [7, 11) is 0. The number of carboxylic acids is 1. The van der Waals surface area contributed by atoms with Gasteiger partial charge in [-0.25, -0.2) is 9.18 Å². The molecular weight excluding hydrogens is 245 g/mol. The summed E-state index contributed by atoms with van der Waals surface area (Å²) in [5, 5.41) is 8.95. The molecule has 0 spiro atoms. The molecule has 0 aromatic heterocycles. The maximum Gasteiger partial charge on any atom is 0.335 e. The summed E-state index contributed by atoms with van der Waals surface area (Å²) >= 11 is 0. The van der Waals surface area contributed by atoms with Crippen LogP contribution in [0.2, 0.25) is 0 Å². The summed E-state index contributed by atoms with van der Waals surface area (Å²) in [4.78, 5) is 13.1. The molecule has 2 rings (SSSR count). The van der Waals surface area contributed by atoms with Crippen molar-refractivity contribution in [3.63, 3.8) is 0 Å². The summed E-state index contributed by atoms with van der Waals surface area (Å²) < 4.78 is 13.7. The third-order valence-corrected chi connectivity index (χ3v) is 4.10. The van der Waals surface area contributed by atoms with Gasteiger partial charge in [0.05, 0.1) is 5.56 Å². The molecule has 4 heteroatoms. The Kier molecular flexibility index (Phi) is 4.20. The second kappa shape index (κ2) is 5.70. The average Bonchev–Trinajstić information content (AvgIpc) is 2.36. The lowest BCUT2D eigenvalue weighted by molar-refractivity contribution is 0.0696. The molecular formula is C15H20FNO2. The zero-order valence-corrected chi connectivity index (χ0v) is 11.4. The highest BCUT2D eigenvalue weighted by atomic mass is 19.1. The topological polar surface area (TPSA) is 40.5 Å². The Morgan fingerprint density at radius 1 is 1.42 bits per heavy atom. The number of piperidine rings is 1. The van der Waals surface area contributed by atoms with Crippen LogP contribution in [-0.2, 0) is 6.54 Å². The smallest absolute Gasteiger partial charge is 0.335 e. The number of nitrogens with zero attached hydrogens (tertiary/aromatic N) is 1. The number of likely N-dealkylation sites (tertiary alicyclic amines) is 1. The maximum atomic E-state index is 13.7. The fraction of sp³-hybridized carbons (Fsp3) is 0.533. The molecule has 1 aromatic carbocycles. The van der Waals surface area contributed by atoms with Gasteiger partial charge in [0.15, 0.2) is 0 Å². The number of carboxylic acid groups (broad SMARTS) is 1. The number of aromatic carboxylic acids is 1. The first-order chi connectivity index (χ1) is 8.97. The summed E-state index contributed by atoms with van der Waals surface area (Å²) in [5.74, 6) is -0.0379. The first-order valence-electron chi connectivity index (χ1n) is 6.71. The van der Waals surface area contributed by atoms with Crippen LogP contribution in [0.4, 0.5) is 4.39 Å². The molecule has 19 heavy (non-hydrogen) atoms. The summed E-state index contributed by atoms with van der Waals surface area (Å²) in [6, 6.07) is 4.00. The zero-order chi connectivity index (χ0) is 14.0. The molecule has 1 heterocycles. The number of hydrogen-bond acceptors (Lipinski definition) is 2. The van der Waals surface area contributed by atoms with Crippen molar-refractivity contribution in [3.05, 3.63) is 35.1 Å². The average molecular weight is 265 g/mol. The van der Waals surface area contributed by atoms with Crippen molar-refractivity contribution in [3.8, 4) is 0 Å². The normalized spacial score (nSPS) is 24.4. The number of carbonyl (C=O) groups is 1. The third kappa shape index (κ3) is 3.32. The van der Waals surface area contributed by atoms with Gasteiger partial charge in [-0.2, -0.15) is 0 Å². The van der Waals surface area contributed by atoms with E-state index in [4.69, 9.17) is 5.11 Å². The van der Waals surface area contributed by atoms with Crippen LogP contribution in [0.1, 0.15) is 36.2 Å². The van der Waals surface area contributed by atoms with Gasteiger partial charge < -0.3 is 5.11 Å². The monoisotopic (exact) mass is 265 g/mol. The standard InChI is InChI=1S/C15H20FNO2/c1-10-5-6-17(8-11(10)2)9-13-7-12(15(18)19)3-4-14(13)16/h3-4,7,10-11H,5-6,8-9H2,1-2H3,(H,18,19). The zero-order valence-electron chi connectivity index (χ0n) is 11.4. The van der Waals surface area contributed by atoms with E-state index < -0.39 is 5.97 Å². The van der Waals surface area contributed by atoms with Gasteiger partial charge in [-0.3, -0.25) is 4.90 Å². The number of rotatable bonds is 3. The molecule has 0 saturated carbocycles. The highest BCUT2D eigenvalue weighted by molar-refractivity contribution is 5.87. The predicted molar refractivity (Wildman–Crippen MR) is 71.6 cm³/mol. The molecule has 0 bridgehead atoms. The lowest BCUT2D eigenvalue weighted by Crippen LogP contribution is -2.38.